The van der Waals surface area contributed by atoms with Crippen LogP contribution in [0.25, 0.3) is 0 Å². The van der Waals surface area contributed by atoms with E-state index in [0.717, 1.165) is 18.2 Å². The molecule has 0 aliphatic rings. The van der Waals surface area contributed by atoms with Gasteiger partial charge in [0.05, 0.1) is 12.1 Å². The average Bonchev–Trinajstić information content (AvgIpc) is 2.17. The van der Waals surface area contributed by atoms with Gasteiger partial charge in [-0.15, -0.1) is 25.6 Å². The number of alkyl halides is 3. The second-order valence-corrected chi connectivity index (χ2v) is 3.53. The number of aliphatic hydroxyl groups is 1. The van der Waals surface area contributed by atoms with Crippen molar-refractivity contribution in [3.63, 3.8) is 0 Å². The summed E-state index contributed by atoms with van der Waals surface area (Å²) in [6, 6.07) is 1.94. The zero-order chi connectivity index (χ0) is 13.2. The number of benzene rings is 1. The van der Waals surface area contributed by atoms with E-state index >= 15 is 0 Å². The van der Waals surface area contributed by atoms with Crippen molar-refractivity contribution in [3.05, 3.63) is 23.8 Å². The van der Waals surface area contributed by atoms with E-state index < -0.39 is 24.3 Å². The summed E-state index contributed by atoms with van der Waals surface area (Å²) in [5, 5.41) is 18.6. The number of hydrogen-bond acceptors (Lipinski definition) is 4. The number of halogens is 4. The highest BCUT2D eigenvalue weighted by Crippen LogP contribution is 2.31. The van der Waals surface area contributed by atoms with Crippen LogP contribution in [-0.2, 0) is 0 Å². The highest BCUT2D eigenvalue weighted by molar-refractivity contribution is 5.85. The molecule has 0 aliphatic carbocycles. The minimum atomic E-state index is -4.82. The maximum Gasteiger partial charge on any atom is 0.573 e. The molecule has 1 aromatic rings. The van der Waals surface area contributed by atoms with Gasteiger partial charge < -0.3 is 20.7 Å². The third-order valence-corrected chi connectivity index (χ3v) is 2.11. The number of phenolic OH excluding ortho intramolecular Hbond substituents is 1. The number of aromatic hydroxyl groups is 1. The molecule has 18 heavy (non-hydrogen) atoms. The lowest BCUT2D eigenvalue weighted by Gasteiger charge is -2.18. The van der Waals surface area contributed by atoms with Crippen molar-refractivity contribution in [2.45, 2.75) is 25.4 Å². The van der Waals surface area contributed by atoms with Gasteiger partial charge >= 0.3 is 6.36 Å². The van der Waals surface area contributed by atoms with E-state index in [4.69, 9.17) is 5.73 Å². The lowest BCUT2D eigenvalue weighted by atomic mass is 10.0. The minimum Gasteiger partial charge on any atom is -0.508 e. The van der Waals surface area contributed by atoms with E-state index in [2.05, 4.69) is 4.74 Å². The van der Waals surface area contributed by atoms with E-state index in [1.807, 2.05) is 0 Å². The first-order valence-corrected chi connectivity index (χ1v) is 4.73. The molecule has 0 unspecified atom stereocenters. The van der Waals surface area contributed by atoms with Crippen LogP contribution in [0.15, 0.2) is 18.2 Å². The Hall–Kier alpha value is -1.18. The predicted octanol–water partition coefficient (Wildman–Crippen LogP) is 2.09. The van der Waals surface area contributed by atoms with Crippen LogP contribution in [0.2, 0.25) is 0 Å². The maximum atomic E-state index is 12.0. The van der Waals surface area contributed by atoms with Crippen molar-refractivity contribution < 1.29 is 28.1 Å². The van der Waals surface area contributed by atoms with Gasteiger partial charge in [0.2, 0.25) is 0 Å². The highest BCUT2D eigenvalue weighted by atomic mass is 35.5. The lowest BCUT2D eigenvalue weighted by molar-refractivity contribution is -0.274. The van der Waals surface area contributed by atoms with Gasteiger partial charge in [0, 0.05) is 5.56 Å². The van der Waals surface area contributed by atoms with Gasteiger partial charge in [-0.05, 0) is 25.1 Å². The van der Waals surface area contributed by atoms with Gasteiger partial charge in [0.25, 0.3) is 0 Å². The van der Waals surface area contributed by atoms with E-state index in [0.29, 0.717) is 0 Å². The highest BCUT2D eigenvalue weighted by Gasteiger charge is 2.31. The molecule has 4 N–H and O–H groups in total. The van der Waals surface area contributed by atoms with Crippen LogP contribution in [0.4, 0.5) is 13.2 Å². The number of nitrogens with two attached hydrogens (primary N) is 1. The molecule has 0 radical (unpaired) electrons. The average molecular weight is 288 g/mol. The summed E-state index contributed by atoms with van der Waals surface area (Å²) in [5.41, 5.74) is 5.51. The van der Waals surface area contributed by atoms with Crippen molar-refractivity contribution in [1.82, 2.24) is 0 Å². The molecule has 4 nitrogen and oxygen atoms in total. The largest absolute Gasteiger partial charge is 0.573 e. The monoisotopic (exact) mass is 287 g/mol. The smallest absolute Gasteiger partial charge is 0.508 e. The van der Waals surface area contributed by atoms with Gasteiger partial charge in [-0.2, -0.15) is 0 Å². The van der Waals surface area contributed by atoms with Crippen molar-refractivity contribution in [2.24, 2.45) is 5.73 Å². The number of phenols is 1. The summed E-state index contributed by atoms with van der Waals surface area (Å²) >= 11 is 0. The number of aliphatic hydroxyl groups excluding tert-OH is 1. The molecule has 0 fully saturated rings. The molecule has 0 bridgehead atoms. The Morgan fingerprint density at radius 2 is 1.89 bits per heavy atom. The Balaban J connectivity index is 0.00000289. The number of rotatable bonds is 3. The summed E-state index contributed by atoms with van der Waals surface area (Å²) in [6.07, 6.45) is -5.83. The Morgan fingerprint density at radius 1 is 1.33 bits per heavy atom. The fourth-order valence-corrected chi connectivity index (χ4v) is 1.26. The predicted molar refractivity (Wildman–Crippen MR) is 60.6 cm³/mol. The van der Waals surface area contributed by atoms with Crippen molar-refractivity contribution in [2.75, 3.05) is 0 Å². The summed E-state index contributed by atoms with van der Waals surface area (Å²) in [5.74, 6) is -0.797. The molecule has 1 rings (SSSR count). The van der Waals surface area contributed by atoms with Crippen LogP contribution in [0.5, 0.6) is 11.5 Å². The van der Waals surface area contributed by atoms with Gasteiger partial charge in [-0.3, -0.25) is 0 Å². The second kappa shape index (κ2) is 6.12. The normalized spacial score (nSPS) is 14.6. The molecule has 0 aromatic heterocycles. The van der Waals surface area contributed by atoms with Crippen molar-refractivity contribution in [1.29, 1.82) is 0 Å². The molecule has 0 aliphatic heterocycles. The Morgan fingerprint density at radius 3 is 2.33 bits per heavy atom. The molecule has 0 saturated carbocycles. The van der Waals surface area contributed by atoms with Gasteiger partial charge in [0.1, 0.15) is 11.5 Å². The van der Waals surface area contributed by atoms with Gasteiger partial charge in [-0.1, -0.05) is 0 Å². The quantitative estimate of drug-likeness (QED) is 0.796. The third-order valence-electron chi connectivity index (χ3n) is 2.11. The standard InChI is InChI=1S/C10H12F3NO3.ClH/c1-5(15)9(14)7-4-6(2-3-8(7)16)17-10(11,12)13;/h2-5,9,15-16H,14H2,1H3;1H/t5-,9-;/m1./s1. The SMILES string of the molecule is C[C@@H](O)[C@@H](N)c1cc(OC(F)(F)F)ccc1O.Cl. The Bertz CT molecular complexity index is 398. The van der Waals surface area contributed by atoms with E-state index in [9.17, 15) is 23.4 Å². The molecule has 1 aromatic carbocycles. The summed E-state index contributed by atoms with van der Waals surface area (Å²) in [4.78, 5) is 0. The fourth-order valence-electron chi connectivity index (χ4n) is 1.26. The molecule has 2 atom stereocenters. The Labute approximate surface area is 108 Å². The van der Waals surface area contributed by atoms with Crippen LogP contribution < -0.4 is 10.5 Å². The molecular weight excluding hydrogens is 275 g/mol. The molecule has 0 saturated heterocycles. The first kappa shape index (κ1) is 16.8. The van der Waals surface area contributed by atoms with E-state index in [1.54, 1.807) is 0 Å². The minimum absolute atomic E-state index is 0. The third kappa shape index (κ3) is 4.59. The maximum absolute atomic E-state index is 12.0. The van der Waals surface area contributed by atoms with Crippen LogP contribution in [0, 0.1) is 0 Å². The first-order chi connectivity index (χ1) is 7.70. The first-order valence-electron chi connectivity index (χ1n) is 4.73. The van der Waals surface area contributed by atoms with Crippen LogP contribution in [0.3, 0.4) is 0 Å². The zero-order valence-corrected chi connectivity index (χ0v) is 10.1. The van der Waals surface area contributed by atoms with E-state index in [1.165, 1.54) is 6.92 Å². The topological polar surface area (TPSA) is 75.7 Å². The molecule has 104 valence electrons. The molecule has 0 amide bonds. The molecule has 0 heterocycles. The van der Waals surface area contributed by atoms with Crippen molar-refractivity contribution in [3.8, 4) is 11.5 Å². The number of hydrogen-bond donors (Lipinski definition) is 3. The summed E-state index contributed by atoms with van der Waals surface area (Å²) < 4.78 is 39.6. The van der Waals surface area contributed by atoms with Crippen LogP contribution in [-0.4, -0.2) is 22.7 Å². The molecular formula is C10H13ClF3NO3. The fraction of sp³-hybridized carbons (Fsp3) is 0.400. The summed E-state index contributed by atoms with van der Waals surface area (Å²) in [6.45, 7) is 1.36. The second-order valence-electron chi connectivity index (χ2n) is 3.53. The summed E-state index contributed by atoms with van der Waals surface area (Å²) in [7, 11) is 0. The van der Waals surface area contributed by atoms with E-state index in [-0.39, 0.29) is 23.7 Å². The van der Waals surface area contributed by atoms with Gasteiger partial charge in [0.15, 0.2) is 0 Å². The van der Waals surface area contributed by atoms with Crippen molar-refractivity contribution >= 4 is 12.4 Å². The molecule has 0 spiro atoms. The molecule has 8 heteroatoms. The zero-order valence-electron chi connectivity index (χ0n) is 9.31. The van der Waals surface area contributed by atoms with Crippen LogP contribution in [0.1, 0.15) is 18.5 Å². The lowest BCUT2D eigenvalue weighted by Crippen LogP contribution is -2.23. The Kier molecular flexibility index (Phi) is 5.72. The number of ether oxygens (including phenoxy) is 1. The van der Waals surface area contributed by atoms with Gasteiger partial charge in [-0.25, -0.2) is 0 Å². The van der Waals surface area contributed by atoms with Crippen LogP contribution >= 0.6 is 12.4 Å².